The molecule has 0 spiro atoms. The van der Waals surface area contributed by atoms with Crippen molar-refractivity contribution in [3.63, 3.8) is 0 Å². The van der Waals surface area contributed by atoms with Crippen molar-refractivity contribution in [2.45, 2.75) is 27.2 Å². The highest BCUT2D eigenvalue weighted by atomic mass is 19.1. The minimum Gasteiger partial charge on any atom is -0.241 e. The quantitative estimate of drug-likeness (QED) is 0.695. The predicted molar refractivity (Wildman–Crippen MR) is 79.0 cm³/mol. The molecule has 0 unspecified atom stereocenters. The van der Waals surface area contributed by atoms with E-state index in [0.717, 1.165) is 28.9 Å². The second-order valence-electron chi connectivity index (χ2n) is 4.95. The maximum atomic E-state index is 12.8. The summed E-state index contributed by atoms with van der Waals surface area (Å²) < 4.78 is 14.5. The largest absolute Gasteiger partial charge is 0.308 e. The lowest BCUT2D eigenvalue weighted by molar-refractivity contribution is 0.536. The van der Waals surface area contributed by atoms with Gasteiger partial charge in [0.1, 0.15) is 11.5 Å². The van der Waals surface area contributed by atoms with Crippen molar-refractivity contribution in [3.8, 4) is 16.9 Å². The van der Waals surface area contributed by atoms with Gasteiger partial charge in [0.25, 0.3) is 0 Å². The third kappa shape index (κ3) is 2.57. The Hall–Kier alpha value is -2.70. The first-order valence-corrected chi connectivity index (χ1v) is 6.95. The van der Waals surface area contributed by atoms with Gasteiger partial charge < -0.3 is 0 Å². The SMILES string of the molecule is CCc1nn(-c2cnc(F)nc2)cc1-c1nc(C)ncc1C. The molecule has 112 valence electrons. The first kappa shape index (κ1) is 14.2. The molecule has 0 saturated heterocycles. The Morgan fingerprint density at radius 1 is 1.09 bits per heavy atom. The maximum Gasteiger partial charge on any atom is 0.308 e. The van der Waals surface area contributed by atoms with Crippen LogP contribution in [-0.4, -0.2) is 29.7 Å². The van der Waals surface area contributed by atoms with Crippen molar-refractivity contribution >= 4 is 0 Å². The molecule has 0 saturated carbocycles. The number of aryl methyl sites for hydroxylation is 3. The van der Waals surface area contributed by atoms with E-state index in [9.17, 15) is 4.39 Å². The van der Waals surface area contributed by atoms with Gasteiger partial charge in [-0.1, -0.05) is 6.92 Å². The fourth-order valence-electron chi connectivity index (χ4n) is 2.23. The number of nitrogens with zero attached hydrogens (tertiary/aromatic N) is 6. The summed E-state index contributed by atoms with van der Waals surface area (Å²) in [5.74, 6) is 0.709. The van der Waals surface area contributed by atoms with E-state index >= 15 is 0 Å². The Morgan fingerprint density at radius 2 is 1.82 bits per heavy atom. The first-order chi connectivity index (χ1) is 10.6. The molecular weight excluding hydrogens is 283 g/mol. The standard InChI is InChI=1S/C15H15FN6/c1-4-13-12(14-9(2)5-17-10(3)20-14)8-22(21-13)11-6-18-15(16)19-7-11/h5-8H,4H2,1-3H3. The number of rotatable bonds is 3. The van der Waals surface area contributed by atoms with Gasteiger partial charge in [0.2, 0.25) is 0 Å². The molecule has 0 aliphatic heterocycles. The highest BCUT2D eigenvalue weighted by molar-refractivity contribution is 5.65. The van der Waals surface area contributed by atoms with Gasteiger partial charge in [0.05, 0.1) is 23.8 Å². The fourth-order valence-corrected chi connectivity index (χ4v) is 2.23. The summed E-state index contributed by atoms with van der Waals surface area (Å²) in [6, 6.07) is 0. The van der Waals surface area contributed by atoms with Gasteiger partial charge in [-0.05, 0) is 25.8 Å². The van der Waals surface area contributed by atoms with Crippen molar-refractivity contribution in [1.29, 1.82) is 0 Å². The Bertz CT molecular complexity index is 809. The van der Waals surface area contributed by atoms with Crippen molar-refractivity contribution in [1.82, 2.24) is 29.7 Å². The summed E-state index contributed by atoms with van der Waals surface area (Å²) in [5.41, 5.74) is 4.29. The Morgan fingerprint density at radius 3 is 2.50 bits per heavy atom. The molecule has 3 aromatic rings. The van der Waals surface area contributed by atoms with E-state index in [-0.39, 0.29) is 0 Å². The van der Waals surface area contributed by atoms with Crippen LogP contribution in [0.2, 0.25) is 0 Å². The van der Waals surface area contributed by atoms with Gasteiger partial charge in [-0.25, -0.2) is 24.6 Å². The summed E-state index contributed by atoms with van der Waals surface area (Å²) in [7, 11) is 0. The molecule has 0 radical (unpaired) electrons. The molecule has 0 fully saturated rings. The normalized spacial score (nSPS) is 10.9. The van der Waals surface area contributed by atoms with E-state index < -0.39 is 6.08 Å². The van der Waals surface area contributed by atoms with E-state index in [1.807, 2.05) is 27.0 Å². The lowest BCUT2D eigenvalue weighted by Crippen LogP contribution is -1.99. The van der Waals surface area contributed by atoms with Crippen molar-refractivity contribution in [2.75, 3.05) is 0 Å². The molecule has 22 heavy (non-hydrogen) atoms. The molecule has 3 rings (SSSR count). The molecule has 0 atom stereocenters. The van der Waals surface area contributed by atoms with E-state index in [0.29, 0.717) is 11.5 Å². The molecule has 0 N–H and O–H groups in total. The lowest BCUT2D eigenvalue weighted by atomic mass is 10.1. The lowest BCUT2D eigenvalue weighted by Gasteiger charge is -2.04. The predicted octanol–water partition coefficient (Wildman–Crippen LogP) is 2.44. The molecule has 7 heteroatoms. The zero-order valence-corrected chi connectivity index (χ0v) is 12.6. The van der Waals surface area contributed by atoms with Crippen LogP contribution in [0.15, 0.2) is 24.8 Å². The molecule has 3 heterocycles. The van der Waals surface area contributed by atoms with Crippen LogP contribution in [0.5, 0.6) is 0 Å². The highest BCUT2D eigenvalue weighted by Crippen LogP contribution is 2.25. The molecule has 0 aromatic carbocycles. The van der Waals surface area contributed by atoms with Crippen LogP contribution in [0.1, 0.15) is 24.0 Å². The highest BCUT2D eigenvalue weighted by Gasteiger charge is 2.15. The molecule has 6 nitrogen and oxygen atoms in total. The summed E-state index contributed by atoms with van der Waals surface area (Å²) in [4.78, 5) is 15.8. The van der Waals surface area contributed by atoms with Gasteiger partial charge in [-0.3, -0.25) is 0 Å². The number of aromatic nitrogens is 6. The van der Waals surface area contributed by atoms with E-state index in [1.165, 1.54) is 12.4 Å². The van der Waals surface area contributed by atoms with Gasteiger partial charge in [0, 0.05) is 18.0 Å². The van der Waals surface area contributed by atoms with Gasteiger partial charge in [-0.2, -0.15) is 9.49 Å². The van der Waals surface area contributed by atoms with E-state index in [4.69, 9.17) is 0 Å². The van der Waals surface area contributed by atoms with Crippen LogP contribution in [0.25, 0.3) is 16.9 Å². The minimum absolute atomic E-state index is 0.603. The summed E-state index contributed by atoms with van der Waals surface area (Å²) in [5, 5.41) is 4.53. The van der Waals surface area contributed by atoms with Crippen molar-refractivity contribution in [3.05, 3.63) is 47.9 Å². The number of halogens is 1. The Kier molecular flexibility index (Phi) is 3.62. The van der Waals surface area contributed by atoms with Crippen LogP contribution in [-0.2, 0) is 6.42 Å². The van der Waals surface area contributed by atoms with Gasteiger partial charge in [0.15, 0.2) is 0 Å². The van der Waals surface area contributed by atoms with E-state index in [2.05, 4.69) is 25.0 Å². The summed E-state index contributed by atoms with van der Waals surface area (Å²) in [6.45, 7) is 5.85. The molecule has 3 aromatic heterocycles. The molecule has 0 aliphatic rings. The minimum atomic E-state index is -0.755. The average Bonchev–Trinajstić information content (AvgIpc) is 2.94. The zero-order valence-electron chi connectivity index (χ0n) is 12.6. The van der Waals surface area contributed by atoms with Crippen molar-refractivity contribution in [2.24, 2.45) is 0 Å². The fraction of sp³-hybridized carbons (Fsp3) is 0.267. The maximum absolute atomic E-state index is 12.8. The van der Waals surface area contributed by atoms with Crippen LogP contribution in [0.4, 0.5) is 4.39 Å². The topological polar surface area (TPSA) is 69.4 Å². The molecular formula is C15H15FN6. The van der Waals surface area contributed by atoms with Crippen LogP contribution >= 0.6 is 0 Å². The summed E-state index contributed by atoms with van der Waals surface area (Å²) in [6.07, 6.45) is 6.47. The first-order valence-electron chi connectivity index (χ1n) is 6.95. The van der Waals surface area contributed by atoms with E-state index in [1.54, 1.807) is 10.9 Å². The third-order valence-corrected chi connectivity index (χ3v) is 3.34. The zero-order chi connectivity index (χ0) is 15.7. The smallest absolute Gasteiger partial charge is 0.241 e. The van der Waals surface area contributed by atoms with Gasteiger partial charge >= 0.3 is 6.08 Å². The van der Waals surface area contributed by atoms with Crippen molar-refractivity contribution < 1.29 is 4.39 Å². The number of hydrogen-bond donors (Lipinski definition) is 0. The Balaban J connectivity index is 2.12. The van der Waals surface area contributed by atoms with Crippen LogP contribution in [0, 0.1) is 19.9 Å². The third-order valence-electron chi connectivity index (χ3n) is 3.34. The monoisotopic (exact) mass is 298 g/mol. The molecule has 0 amide bonds. The summed E-state index contributed by atoms with van der Waals surface area (Å²) >= 11 is 0. The average molecular weight is 298 g/mol. The van der Waals surface area contributed by atoms with Gasteiger partial charge in [-0.15, -0.1) is 0 Å². The van der Waals surface area contributed by atoms with Crippen LogP contribution in [0.3, 0.4) is 0 Å². The number of hydrogen-bond acceptors (Lipinski definition) is 5. The van der Waals surface area contributed by atoms with Crippen LogP contribution < -0.4 is 0 Å². The molecule has 0 bridgehead atoms. The Labute approximate surface area is 127 Å². The second kappa shape index (κ2) is 5.59. The second-order valence-corrected chi connectivity index (χ2v) is 4.95. The molecule has 0 aliphatic carbocycles.